The summed E-state index contributed by atoms with van der Waals surface area (Å²) in [5.41, 5.74) is 2.36. The normalized spacial score (nSPS) is 14.0. The zero-order valence-corrected chi connectivity index (χ0v) is 14.7. The third kappa shape index (κ3) is 3.06. The van der Waals surface area contributed by atoms with Gasteiger partial charge in [-0.1, -0.05) is 12.1 Å². The summed E-state index contributed by atoms with van der Waals surface area (Å²) in [6, 6.07) is 10.7. The first-order valence-corrected chi connectivity index (χ1v) is 9.10. The monoisotopic (exact) mass is 369 g/mol. The first-order chi connectivity index (χ1) is 12.7. The molecule has 1 aliphatic heterocycles. The van der Waals surface area contributed by atoms with Gasteiger partial charge in [-0.25, -0.2) is 9.37 Å². The molecule has 1 fully saturated rings. The number of aromatic hydroxyl groups is 1. The Labute approximate surface area is 153 Å². The molecule has 1 aromatic heterocycles. The molecule has 0 bridgehead atoms. The first-order valence-electron chi connectivity index (χ1n) is 8.33. The van der Waals surface area contributed by atoms with Gasteiger partial charge in [0, 0.05) is 29.9 Å². The van der Waals surface area contributed by atoms with Crippen LogP contribution in [-0.2, 0) is 0 Å². The molecule has 5 nitrogen and oxygen atoms in total. The second-order valence-corrected chi connectivity index (χ2v) is 6.93. The fourth-order valence-electron chi connectivity index (χ4n) is 3.11. The molecule has 0 atom stereocenters. The number of halogens is 1. The van der Waals surface area contributed by atoms with Crippen LogP contribution in [0.15, 0.2) is 36.4 Å². The summed E-state index contributed by atoms with van der Waals surface area (Å²) in [4.78, 5) is 17.8. The second kappa shape index (κ2) is 6.84. The highest BCUT2D eigenvalue weighted by atomic mass is 32.1. The highest BCUT2D eigenvalue weighted by Gasteiger charge is 2.16. The van der Waals surface area contributed by atoms with Gasteiger partial charge in [-0.15, -0.1) is 0 Å². The molecular weight excluding hydrogens is 353 g/mol. The van der Waals surface area contributed by atoms with E-state index in [1.807, 2.05) is 12.1 Å². The van der Waals surface area contributed by atoms with Gasteiger partial charge in [0.2, 0.25) is 0 Å². The smallest absolute Gasteiger partial charge is 0.173 e. The van der Waals surface area contributed by atoms with Crippen molar-refractivity contribution in [2.45, 2.75) is 12.8 Å². The van der Waals surface area contributed by atoms with Gasteiger partial charge < -0.3 is 10.0 Å². The standard InChI is InChI=1S/C19H16FN3O2S/c20-16-10-13(8-14(11-24)17(16)25)18-21-19(26-22-18)12-4-3-5-15(9-12)23-6-1-2-7-23/h3-5,8-11,25H,1-2,6-7H2. The maximum Gasteiger partial charge on any atom is 0.173 e. The lowest BCUT2D eigenvalue weighted by Gasteiger charge is -2.17. The van der Waals surface area contributed by atoms with Crippen LogP contribution in [0, 0.1) is 5.82 Å². The number of hydrogen-bond acceptors (Lipinski definition) is 6. The van der Waals surface area contributed by atoms with E-state index < -0.39 is 11.6 Å². The van der Waals surface area contributed by atoms with Crippen molar-refractivity contribution >= 4 is 23.5 Å². The highest BCUT2D eigenvalue weighted by Crippen LogP contribution is 2.32. The predicted octanol–water partition coefficient (Wildman–Crippen LogP) is 4.13. The largest absolute Gasteiger partial charge is 0.504 e. The van der Waals surface area contributed by atoms with Gasteiger partial charge in [0.25, 0.3) is 0 Å². The number of hydrogen-bond donors (Lipinski definition) is 1. The molecule has 2 heterocycles. The van der Waals surface area contributed by atoms with Crippen molar-refractivity contribution in [3.63, 3.8) is 0 Å². The Morgan fingerprint density at radius 2 is 1.96 bits per heavy atom. The molecule has 0 aliphatic carbocycles. The third-order valence-electron chi connectivity index (χ3n) is 4.47. The van der Waals surface area contributed by atoms with E-state index in [2.05, 4.69) is 26.4 Å². The summed E-state index contributed by atoms with van der Waals surface area (Å²) in [5, 5.41) is 10.3. The molecule has 2 aromatic carbocycles. The fourth-order valence-corrected chi connectivity index (χ4v) is 3.79. The Morgan fingerprint density at radius 3 is 2.73 bits per heavy atom. The van der Waals surface area contributed by atoms with Crippen LogP contribution in [0.4, 0.5) is 10.1 Å². The molecule has 3 aromatic rings. The number of anilines is 1. The van der Waals surface area contributed by atoms with Crippen LogP contribution in [0.2, 0.25) is 0 Å². The average Bonchev–Trinajstić information content (AvgIpc) is 3.36. The third-order valence-corrected chi connectivity index (χ3v) is 5.23. The lowest BCUT2D eigenvalue weighted by atomic mass is 10.1. The highest BCUT2D eigenvalue weighted by molar-refractivity contribution is 7.09. The van der Waals surface area contributed by atoms with Crippen molar-refractivity contribution in [3.05, 3.63) is 47.8 Å². The minimum atomic E-state index is -0.864. The molecule has 0 unspecified atom stereocenters. The van der Waals surface area contributed by atoms with Crippen molar-refractivity contribution in [1.29, 1.82) is 0 Å². The maximum absolute atomic E-state index is 13.8. The van der Waals surface area contributed by atoms with E-state index >= 15 is 0 Å². The number of carbonyl (C=O) groups excluding carboxylic acids is 1. The quantitative estimate of drug-likeness (QED) is 0.701. The van der Waals surface area contributed by atoms with Gasteiger partial charge in [0.15, 0.2) is 23.7 Å². The van der Waals surface area contributed by atoms with Crippen LogP contribution >= 0.6 is 11.5 Å². The van der Waals surface area contributed by atoms with E-state index in [1.165, 1.54) is 30.4 Å². The van der Waals surface area contributed by atoms with Crippen LogP contribution in [0.1, 0.15) is 23.2 Å². The Morgan fingerprint density at radius 1 is 1.15 bits per heavy atom. The van der Waals surface area contributed by atoms with E-state index in [1.54, 1.807) is 0 Å². The van der Waals surface area contributed by atoms with Crippen molar-refractivity contribution in [3.8, 4) is 27.7 Å². The molecule has 1 saturated heterocycles. The molecule has 0 saturated carbocycles. The molecule has 0 spiro atoms. The Balaban J connectivity index is 1.67. The van der Waals surface area contributed by atoms with Crippen LogP contribution < -0.4 is 4.90 Å². The molecule has 132 valence electrons. The van der Waals surface area contributed by atoms with Gasteiger partial charge in [0.1, 0.15) is 5.01 Å². The average molecular weight is 369 g/mol. The van der Waals surface area contributed by atoms with Gasteiger partial charge in [-0.3, -0.25) is 4.79 Å². The van der Waals surface area contributed by atoms with Gasteiger partial charge in [-0.05, 0) is 48.6 Å². The summed E-state index contributed by atoms with van der Waals surface area (Å²) >= 11 is 1.22. The van der Waals surface area contributed by atoms with Crippen LogP contribution in [0.5, 0.6) is 5.75 Å². The van der Waals surface area contributed by atoms with Crippen molar-refractivity contribution in [2.24, 2.45) is 0 Å². The van der Waals surface area contributed by atoms with Crippen molar-refractivity contribution in [2.75, 3.05) is 18.0 Å². The summed E-state index contributed by atoms with van der Waals surface area (Å²) in [7, 11) is 0. The molecule has 26 heavy (non-hydrogen) atoms. The maximum atomic E-state index is 13.8. The fraction of sp³-hybridized carbons (Fsp3) is 0.211. The summed E-state index contributed by atoms with van der Waals surface area (Å²) < 4.78 is 18.1. The van der Waals surface area contributed by atoms with Crippen molar-refractivity contribution in [1.82, 2.24) is 9.36 Å². The molecule has 7 heteroatoms. The number of aldehydes is 1. The lowest BCUT2D eigenvalue weighted by molar-refractivity contribution is 0.112. The molecular formula is C19H16FN3O2S. The summed E-state index contributed by atoms with van der Waals surface area (Å²) in [5.74, 6) is -1.19. The summed E-state index contributed by atoms with van der Waals surface area (Å²) in [6.45, 7) is 2.12. The number of nitrogens with zero attached hydrogens (tertiary/aromatic N) is 3. The second-order valence-electron chi connectivity index (χ2n) is 6.18. The van der Waals surface area contributed by atoms with Gasteiger partial charge in [0.05, 0.1) is 5.56 Å². The number of carbonyl (C=O) groups is 1. The molecule has 1 aliphatic rings. The molecule has 1 N–H and O–H groups in total. The SMILES string of the molecule is O=Cc1cc(-c2nsc(-c3cccc(N4CCCC4)c3)n2)cc(F)c1O. The van der Waals surface area contributed by atoms with E-state index in [-0.39, 0.29) is 5.56 Å². The number of benzene rings is 2. The van der Waals surface area contributed by atoms with E-state index in [4.69, 9.17) is 0 Å². The molecule has 0 radical (unpaired) electrons. The van der Waals surface area contributed by atoms with Crippen LogP contribution in [-0.4, -0.2) is 33.8 Å². The minimum Gasteiger partial charge on any atom is -0.504 e. The first kappa shape index (κ1) is 16.7. The lowest BCUT2D eigenvalue weighted by Crippen LogP contribution is -2.17. The van der Waals surface area contributed by atoms with Gasteiger partial charge >= 0.3 is 0 Å². The zero-order valence-electron chi connectivity index (χ0n) is 13.9. The number of aromatic nitrogens is 2. The Hall–Kier alpha value is -2.80. The van der Waals surface area contributed by atoms with Crippen LogP contribution in [0.3, 0.4) is 0 Å². The number of phenols is 1. The van der Waals surface area contributed by atoms with Crippen LogP contribution in [0.25, 0.3) is 22.0 Å². The molecule has 0 amide bonds. The Bertz CT molecular complexity index is 967. The topological polar surface area (TPSA) is 66.3 Å². The zero-order chi connectivity index (χ0) is 18.1. The number of rotatable bonds is 4. The summed E-state index contributed by atoms with van der Waals surface area (Å²) in [6.07, 6.45) is 2.83. The van der Waals surface area contributed by atoms with E-state index in [9.17, 15) is 14.3 Å². The number of phenolic OH excluding ortho intramolecular Hbond substituents is 1. The Kier molecular flexibility index (Phi) is 4.38. The molecule has 4 rings (SSSR count). The van der Waals surface area contributed by atoms with Crippen molar-refractivity contribution < 1.29 is 14.3 Å². The van der Waals surface area contributed by atoms with E-state index in [0.29, 0.717) is 17.7 Å². The van der Waals surface area contributed by atoms with Gasteiger partial charge in [-0.2, -0.15) is 4.37 Å². The minimum absolute atomic E-state index is 0.118. The predicted molar refractivity (Wildman–Crippen MR) is 99.2 cm³/mol. The van der Waals surface area contributed by atoms with E-state index in [0.717, 1.165) is 35.4 Å².